The van der Waals surface area contributed by atoms with Crippen LogP contribution in [0.2, 0.25) is 0 Å². The Morgan fingerprint density at radius 3 is 2.04 bits per heavy atom. The summed E-state index contributed by atoms with van der Waals surface area (Å²) in [7, 11) is 0. The highest BCUT2D eigenvalue weighted by Crippen LogP contribution is 2.28. The zero-order valence-corrected chi connectivity index (χ0v) is 16.8. The predicted octanol–water partition coefficient (Wildman–Crippen LogP) is 7.18. The van der Waals surface area contributed by atoms with Crippen LogP contribution < -0.4 is 0 Å². The van der Waals surface area contributed by atoms with Crippen LogP contribution >= 0.6 is 46.4 Å². The molecule has 0 saturated heterocycles. The second-order valence-electron chi connectivity index (χ2n) is 6.19. The molecule has 0 N–H and O–H groups in total. The van der Waals surface area contributed by atoms with Gasteiger partial charge in [-0.05, 0) is 60.4 Å². The van der Waals surface area contributed by atoms with Crippen molar-refractivity contribution in [1.29, 1.82) is 0 Å². The molecule has 2 aromatic rings. The molecule has 0 nitrogen and oxygen atoms in total. The molecule has 2 atom stereocenters. The van der Waals surface area contributed by atoms with E-state index in [1.54, 1.807) is 0 Å². The highest BCUT2D eigenvalue weighted by atomic mass is 35.5. The summed E-state index contributed by atoms with van der Waals surface area (Å²) in [5, 5.41) is 2.75. The van der Waals surface area contributed by atoms with E-state index in [0.29, 0.717) is 11.8 Å². The molecular formula is C20H24Cl4. The molecule has 0 aromatic heterocycles. The maximum atomic E-state index is 6.58. The van der Waals surface area contributed by atoms with Gasteiger partial charge in [-0.25, -0.2) is 0 Å². The van der Waals surface area contributed by atoms with Gasteiger partial charge in [0, 0.05) is 22.5 Å². The van der Waals surface area contributed by atoms with Crippen molar-refractivity contribution in [3.8, 4) is 0 Å². The lowest BCUT2D eigenvalue weighted by Gasteiger charge is -2.18. The van der Waals surface area contributed by atoms with Crippen molar-refractivity contribution < 1.29 is 0 Å². The fourth-order valence-electron chi connectivity index (χ4n) is 3.07. The van der Waals surface area contributed by atoms with Crippen molar-refractivity contribution in [3.05, 3.63) is 47.5 Å². The molecule has 132 valence electrons. The third-order valence-electron chi connectivity index (χ3n) is 4.31. The molecule has 0 spiro atoms. The third kappa shape index (κ3) is 5.99. The number of fused-ring (bicyclic) bond motifs is 1. The molecule has 0 aliphatic carbocycles. The van der Waals surface area contributed by atoms with Crippen LogP contribution in [0.4, 0.5) is 0 Å². The van der Waals surface area contributed by atoms with E-state index in [-0.39, 0.29) is 10.8 Å². The maximum Gasteiger partial charge on any atom is 0.0377 e. The monoisotopic (exact) mass is 404 g/mol. The zero-order valence-electron chi connectivity index (χ0n) is 13.8. The van der Waals surface area contributed by atoms with Gasteiger partial charge in [0.05, 0.1) is 0 Å². The van der Waals surface area contributed by atoms with E-state index in [0.717, 1.165) is 38.5 Å². The minimum Gasteiger partial charge on any atom is -0.127 e. The lowest BCUT2D eigenvalue weighted by molar-refractivity contribution is 0.708. The molecule has 0 amide bonds. The van der Waals surface area contributed by atoms with E-state index in [4.69, 9.17) is 46.4 Å². The summed E-state index contributed by atoms with van der Waals surface area (Å²) in [6.45, 7) is 0. The molecule has 0 bridgehead atoms. The van der Waals surface area contributed by atoms with E-state index in [1.807, 2.05) is 0 Å². The van der Waals surface area contributed by atoms with Gasteiger partial charge >= 0.3 is 0 Å². The normalized spacial score (nSPS) is 14.0. The molecule has 0 aliphatic rings. The molecule has 0 aliphatic heterocycles. The fourth-order valence-corrected chi connectivity index (χ4v) is 4.01. The molecule has 2 rings (SSSR count). The first-order valence-corrected chi connectivity index (χ1v) is 10.5. The van der Waals surface area contributed by atoms with Crippen LogP contribution in [-0.2, 0) is 12.8 Å². The molecule has 24 heavy (non-hydrogen) atoms. The highest BCUT2D eigenvalue weighted by Gasteiger charge is 2.15. The van der Waals surface area contributed by atoms with Crippen molar-refractivity contribution in [2.75, 3.05) is 11.8 Å². The topological polar surface area (TPSA) is 0 Å². The smallest absolute Gasteiger partial charge is 0.0377 e. The summed E-state index contributed by atoms with van der Waals surface area (Å²) in [6, 6.07) is 12.9. The van der Waals surface area contributed by atoms with Gasteiger partial charge in [0.2, 0.25) is 0 Å². The second kappa shape index (κ2) is 10.8. The van der Waals surface area contributed by atoms with Gasteiger partial charge in [-0.15, -0.1) is 46.4 Å². The minimum atomic E-state index is 0.102. The van der Waals surface area contributed by atoms with Gasteiger partial charge in [0.25, 0.3) is 0 Å². The average molecular weight is 406 g/mol. The van der Waals surface area contributed by atoms with Crippen molar-refractivity contribution >= 4 is 57.2 Å². The summed E-state index contributed by atoms with van der Waals surface area (Å²) in [5.74, 6) is 1.32. The van der Waals surface area contributed by atoms with Crippen LogP contribution in [0.15, 0.2) is 36.4 Å². The Bertz CT molecular complexity index is 626. The van der Waals surface area contributed by atoms with E-state index in [1.165, 1.54) is 21.9 Å². The molecular weight excluding hydrogens is 382 g/mol. The summed E-state index contributed by atoms with van der Waals surface area (Å²) in [5.41, 5.74) is 2.64. The fraction of sp³-hybridized carbons (Fsp3) is 0.500. The molecule has 4 heteroatoms. The summed E-state index contributed by atoms with van der Waals surface area (Å²) < 4.78 is 0. The van der Waals surface area contributed by atoms with E-state index in [2.05, 4.69) is 36.4 Å². The number of hydrogen-bond acceptors (Lipinski definition) is 0. The number of halogens is 4. The quantitative estimate of drug-likeness (QED) is 0.367. The van der Waals surface area contributed by atoms with Gasteiger partial charge in [0.15, 0.2) is 0 Å². The van der Waals surface area contributed by atoms with Crippen LogP contribution in [0, 0.1) is 0 Å². The average Bonchev–Trinajstić information content (AvgIpc) is 2.60. The molecule has 0 saturated carbocycles. The van der Waals surface area contributed by atoms with Crippen LogP contribution in [0.1, 0.15) is 36.8 Å². The molecule has 0 radical (unpaired) electrons. The van der Waals surface area contributed by atoms with Gasteiger partial charge in [-0.3, -0.25) is 0 Å². The minimum absolute atomic E-state index is 0.102. The first-order valence-electron chi connectivity index (χ1n) is 8.55. The number of rotatable bonds is 10. The Balaban J connectivity index is 2.26. The van der Waals surface area contributed by atoms with Crippen molar-refractivity contribution in [2.45, 2.75) is 49.3 Å². The summed E-state index contributed by atoms with van der Waals surface area (Å²) in [6.07, 6.45) is 5.49. The van der Waals surface area contributed by atoms with Crippen molar-refractivity contribution in [1.82, 2.24) is 0 Å². The highest BCUT2D eigenvalue weighted by molar-refractivity contribution is 6.21. The van der Waals surface area contributed by atoms with Crippen LogP contribution in [-0.4, -0.2) is 22.5 Å². The predicted molar refractivity (Wildman–Crippen MR) is 111 cm³/mol. The number of alkyl halides is 4. The number of hydrogen-bond donors (Lipinski definition) is 0. The van der Waals surface area contributed by atoms with Gasteiger partial charge in [-0.1, -0.05) is 36.4 Å². The largest absolute Gasteiger partial charge is 0.127 e. The first kappa shape index (κ1) is 20.2. The van der Waals surface area contributed by atoms with Crippen molar-refractivity contribution in [3.63, 3.8) is 0 Å². The van der Waals surface area contributed by atoms with E-state index < -0.39 is 0 Å². The van der Waals surface area contributed by atoms with Crippen LogP contribution in [0.3, 0.4) is 0 Å². The van der Waals surface area contributed by atoms with E-state index in [9.17, 15) is 0 Å². The third-order valence-corrected chi connectivity index (χ3v) is 5.59. The lowest BCUT2D eigenvalue weighted by atomic mass is 9.91. The summed E-state index contributed by atoms with van der Waals surface area (Å²) >= 11 is 24.7. The number of benzene rings is 2. The maximum absolute atomic E-state index is 6.58. The molecule has 0 heterocycles. The Morgan fingerprint density at radius 2 is 1.38 bits per heavy atom. The SMILES string of the molecule is ClCCCC(Cl)Cc1ccc2ccccc2c1CC(Cl)CCCCl. The Morgan fingerprint density at radius 1 is 0.750 bits per heavy atom. The Kier molecular flexibility index (Phi) is 9.05. The second-order valence-corrected chi connectivity index (χ2v) is 8.18. The molecule has 2 unspecified atom stereocenters. The van der Waals surface area contributed by atoms with Crippen LogP contribution in [0.5, 0.6) is 0 Å². The molecule has 0 fully saturated rings. The van der Waals surface area contributed by atoms with Gasteiger partial charge in [0.1, 0.15) is 0 Å². The van der Waals surface area contributed by atoms with Gasteiger partial charge in [-0.2, -0.15) is 0 Å². The standard InChI is InChI=1S/C20H24Cl4/c21-11-3-6-17(23)13-16-10-9-15-5-1-2-8-19(15)20(16)14-18(24)7-4-12-22/h1-2,5,8-10,17-18H,3-4,6-7,11-14H2. The van der Waals surface area contributed by atoms with Gasteiger partial charge < -0.3 is 0 Å². The first-order chi connectivity index (χ1) is 11.7. The van der Waals surface area contributed by atoms with Crippen LogP contribution in [0.25, 0.3) is 10.8 Å². The Labute approximate surface area is 165 Å². The molecule has 2 aromatic carbocycles. The zero-order chi connectivity index (χ0) is 17.4. The Hall–Kier alpha value is -0.140. The van der Waals surface area contributed by atoms with Crippen molar-refractivity contribution in [2.24, 2.45) is 0 Å². The summed E-state index contributed by atoms with van der Waals surface area (Å²) in [4.78, 5) is 0. The van der Waals surface area contributed by atoms with E-state index >= 15 is 0 Å². The lowest BCUT2D eigenvalue weighted by Crippen LogP contribution is -2.11.